The number of benzene rings is 3. The molecule has 3 aromatic rings. The summed E-state index contributed by atoms with van der Waals surface area (Å²) in [5.41, 5.74) is -0.950. The molecule has 0 aromatic heterocycles. The summed E-state index contributed by atoms with van der Waals surface area (Å²) in [6, 6.07) is 14.2. The molecule has 0 radical (unpaired) electrons. The van der Waals surface area contributed by atoms with E-state index in [1.165, 1.54) is 15.9 Å². The molecule has 1 fully saturated rings. The largest absolute Gasteiger partial charge is 0.347 e. The lowest BCUT2D eigenvalue weighted by Crippen LogP contribution is -2.58. The van der Waals surface area contributed by atoms with E-state index in [9.17, 15) is 23.6 Å². The van der Waals surface area contributed by atoms with Gasteiger partial charge in [-0.15, -0.1) is 0 Å². The number of anilines is 2. The Hall–Kier alpha value is -3.40. The number of carbonyl (C=O) groups is 2. The number of hydrogen-bond donors (Lipinski definition) is 2. The van der Waals surface area contributed by atoms with Crippen molar-refractivity contribution in [1.29, 1.82) is 0 Å². The molecule has 7 nitrogen and oxygen atoms in total. The van der Waals surface area contributed by atoms with Crippen LogP contribution in [-0.2, 0) is 6.54 Å². The van der Waals surface area contributed by atoms with Gasteiger partial charge in [0.2, 0.25) is 0 Å². The van der Waals surface area contributed by atoms with Crippen molar-refractivity contribution in [2.45, 2.75) is 32.1 Å². The molecule has 4 amide bonds. The maximum atomic E-state index is 14.5. The van der Waals surface area contributed by atoms with Gasteiger partial charge in [0.1, 0.15) is 11.6 Å². The van der Waals surface area contributed by atoms with Crippen molar-refractivity contribution in [3.8, 4) is 0 Å². The maximum absolute atomic E-state index is 14.5. The van der Waals surface area contributed by atoms with Crippen molar-refractivity contribution < 1.29 is 23.6 Å². The molecule has 1 aliphatic rings. The molecule has 0 spiro atoms. The highest BCUT2D eigenvalue weighted by molar-refractivity contribution is 6.31. The van der Waals surface area contributed by atoms with Gasteiger partial charge in [0.05, 0.1) is 12.1 Å². The van der Waals surface area contributed by atoms with Crippen LogP contribution < -0.4 is 10.2 Å². The van der Waals surface area contributed by atoms with E-state index >= 15 is 0 Å². The van der Waals surface area contributed by atoms with Crippen molar-refractivity contribution >= 4 is 46.6 Å². The number of rotatable bonds is 5. The minimum Gasteiger partial charge on any atom is -0.311 e. The van der Waals surface area contributed by atoms with Gasteiger partial charge in [-0.2, -0.15) is 5.06 Å². The lowest BCUT2D eigenvalue weighted by molar-refractivity contribution is -0.0955. The molecule has 3 aromatic carbocycles. The number of carbonyl (C=O) groups excluding carboxylic acids is 2. The van der Waals surface area contributed by atoms with Gasteiger partial charge >= 0.3 is 12.1 Å². The van der Waals surface area contributed by atoms with E-state index in [2.05, 4.69) is 5.32 Å². The summed E-state index contributed by atoms with van der Waals surface area (Å²) >= 11 is 11.9. The van der Waals surface area contributed by atoms with Gasteiger partial charge < -0.3 is 10.2 Å². The van der Waals surface area contributed by atoms with Crippen LogP contribution in [0.25, 0.3) is 0 Å². The number of hydroxylamine groups is 2. The summed E-state index contributed by atoms with van der Waals surface area (Å²) in [4.78, 5) is 29.1. The molecule has 188 valence electrons. The minimum atomic E-state index is -1.31. The van der Waals surface area contributed by atoms with Crippen molar-refractivity contribution in [3.05, 3.63) is 94.0 Å². The summed E-state index contributed by atoms with van der Waals surface area (Å²) in [6.07, 6.45) is -1.28. The zero-order valence-electron chi connectivity index (χ0n) is 19.3. The first-order chi connectivity index (χ1) is 17.0. The quantitative estimate of drug-likeness (QED) is 0.281. The highest BCUT2D eigenvalue weighted by Gasteiger charge is 2.56. The van der Waals surface area contributed by atoms with E-state index in [0.717, 1.165) is 12.1 Å². The Bertz CT molecular complexity index is 1270. The minimum absolute atomic E-state index is 0.314. The third kappa shape index (κ3) is 4.82. The molecular formula is C25H22Cl2F2N4O3. The maximum Gasteiger partial charge on any atom is 0.347 e. The number of hydrogen-bond acceptors (Lipinski definition) is 3. The third-order valence-electron chi connectivity index (χ3n) is 6.03. The van der Waals surface area contributed by atoms with E-state index in [1.54, 1.807) is 62.4 Å². The summed E-state index contributed by atoms with van der Waals surface area (Å²) in [5.74, 6) is -1.64. The molecule has 11 heteroatoms. The first kappa shape index (κ1) is 25.7. The molecule has 0 aliphatic carbocycles. The Morgan fingerprint density at radius 1 is 1.00 bits per heavy atom. The number of halogens is 4. The van der Waals surface area contributed by atoms with Gasteiger partial charge in [-0.05, 0) is 74.5 Å². The van der Waals surface area contributed by atoms with Gasteiger partial charge in [0.15, 0.2) is 6.17 Å². The lowest BCUT2D eigenvalue weighted by Gasteiger charge is -2.38. The molecule has 0 saturated carbocycles. The Kier molecular flexibility index (Phi) is 7.08. The third-order valence-corrected chi connectivity index (χ3v) is 6.53. The number of nitrogens with zero attached hydrogens (tertiary/aromatic N) is 3. The number of nitrogens with one attached hydrogen (secondary N) is 1. The van der Waals surface area contributed by atoms with Crippen LogP contribution in [0.4, 0.5) is 29.7 Å². The predicted octanol–water partition coefficient (Wildman–Crippen LogP) is 6.74. The van der Waals surface area contributed by atoms with Crippen LogP contribution in [0.2, 0.25) is 10.0 Å². The molecule has 2 N–H and O–H groups in total. The summed E-state index contributed by atoms with van der Waals surface area (Å²) in [7, 11) is 0. The van der Waals surface area contributed by atoms with Crippen molar-refractivity contribution in [2.24, 2.45) is 0 Å². The van der Waals surface area contributed by atoms with Crippen LogP contribution in [0.1, 0.15) is 19.4 Å². The monoisotopic (exact) mass is 534 g/mol. The lowest BCUT2D eigenvalue weighted by atomic mass is 9.99. The van der Waals surface area contributed by atoms with E-state index in [0.29, 0.717) is 26.5 Å². The average molecular weight is 535 g/mol. The fourth-order valence-electron chi connectivity index (χ4n) is 4.14. The standard InChI is InChI=1S/C25H22Cl2F2N4O3/c1-25(2)22(33(36)23(34)30-17-10-6-15(26)7-11-17)32(18-12-8-16(27)9-13-18)24(35)31(25)14-19-20(28)4-3-5-21(19)29/h3-13,22,36H,14H2,1-2H3,(H,30,34)/t22-/m1/s1. The molecule has 0 unspecified atom stereocenters. The smallest absolute Gasteiger partial charge is 0.311 e. The Morgan fingerprint density at radius 3 is 2.08 bits per heavy atom. The molecule has 4 rings (SSSR count). The molecule has 1 heterocycles. The zero-order chi connectivity index (χ0) is 26.2. The van der Waals surface area contributed by atoms with E-state index < -0.39 is 41.9 Å². The first-order valence-corrected chi connectivity index (χ1v) is 11.6. The summed E-state index contributed by atoms with van der Waals surface area (Å²) in [6.45, 7) is 2.74. The van der Waals surface area contributed by atoms with Crippen LogP contribution in [0, 0.1) is 11.6 Å². The second-order valence-corrected chi connectivity index (χ2v) is 9.60. The number of amides is 4. The Labute approximate surface area is 216 Å². The SMILES string of the molecule is CC1(C)[C@@H](N(O)C(=O)Nc2ccc(Cl)cc2)N(c2ccc(Cl)cc2)C(=O)N1Cc1c(F)cccc1F. The normalized spacial score (nSPS) is 16.9. The number of urea groups is 2. The predicted molar refractivity (Wildman–Crippen MR) is 133 cm³/mol. The van der Waals surface area contributed by atoms with Crippen molar-refractivity contribution in [2.75, 3.05) is 10.2 Å². The average Bonchev–Trinajstić information content (AvgIpc) is 3.02. The van der Waals surface area contributed by atoms with E-state index in [1.807, 2.05) is 0 Å². The Morgan fingerprint density at radius 2 is 1.53 bits per heavy atom. The molecule has 36 heavy (non-hydrogen) atoms. The van der Waals surface area contributed by atoms with E-state index in [4.69, 9.17) is 23.2 Å². The van der Waals surface area contributed by atoms with Gasteiger partial charge in [-0.3, -0.25) is 10.1 Å². The topological polar surface area (TPSA) is 76.1 Å². The van der Waals surface area contributed by atoms with Crippen LogP contribution in [0.5, 0.6) is 0 Å². The molecule has 1 aliphatic heterocycles. The molecule has 1 saturated heterocycles. The second kappa shape index (κ2) is 9.93. The zero-order valence-corrected chi connectivity index (χ0v) is 20.8. The van der Waals surface area contributed by atoms with Crippen LogP contribution >= 0.6 is 23.2 Å². The van der Waals surface area contributed by atoms with Gasteiger partial charge in [0, 0.05) is 27.0 Å². The molecule has 0 bridgehead atoms. The summed E-state index contributed by atoms with van der Waals surface area (Å²) in [5, 5.41) is 14.9. The van der Waals surface area contributed by atoms with Crippen molar-refractivity contribution in [3.63, 3.8) is 0 Å². The van der Waals surface area contributed by atoms with E-state index in [-0.39, 0.29) is 5.56 Å². The molecule has 1 atom stereocenters. The van der Waals surface area contributed by atoms with Crippen LogP contribution in [0.3, 0.4) is 0 Å². The highest BCUT2D eigenvalue weighted by Crippen LogP contribution is 2.39. The Balaban J connectivity index is 1.73. The highest BCUT2D eigenvalue weighted by atomic mass is 35.5. The van der Waals surface area contributed by atoms with Crippen LogP contribution in [-0.4, -0.2) is 38.9 Å². The fourth-order valence-corrected chi connectivity index (χ4v) is 4.39. The first-order valence-electron chi connectivity index (χ1n) is 10.8. The van der Waals surface area contributed by atoms with Crippen LogP contribution in [0.15, 0.2) is 66.7 Å². The van der Waals surface area contributed by atoms with Crippen molar-refractivity contribution in [1.82, 2.24) is 9.96 Å². The van der Waals surface area contributed by atoms with Gasteiger partial charge in [-0.25, -0.2) is 18.4 Å². The molecular weight excluding hydrogens is 513 g/mol. The fraction of sp³-hybridized carbons (Fsp3) is 0.200. The van der Waals surface area contributed by atoms with Gasteiger partial charge in [0.25, 0.3) is 0 Å². The second-order valence-electron chi connectivity index (χ2n) is 8.72. The van der Waals surface area contributed by atoms with Gasteiger partial charge in [-0.1, -0.05) is 29.3 Å². The summed E-state index contributed by atoms with van der Waals surface area (Å²) < 4.78 is 28.9.